The van der Waals surface area contributed by atoms with Crippen LogP contribution in [0.4, 0.5) is 4.79 Å². The monoisotopic (exact) mass is 586 g/mol. The van der Waals surface area contributed by atoms with Gasteiger partial charge in [0.05, 0.1) is 6.61 Å². The van der Waals surface area contributed by atoms with Gasteiger partial charge >= 0.3 is 5.30 Å². The Balaban J connectivity index is 1.24. The van der Waals surface area contributed by atoms with Crippen LogP contribution in [0, 0.1) is 46.3 Å². The van der Waals surface area contributed by atoms with Gasteiger partial charge in [-0.1, -0.05) is 117 Å². The van der Waals surface area contributed by atoms with E-state index in [0.29, 0.717) is 22.7 Å². The summed E-state index contributed by atoms with van der Waals surface area (Å²) in [4.78, 5) is 12.7. The van der Waals surface area contributed by atoms with Crippen molar-refractivity contribution in [3.63, 3.8) is 0 Å². The Labute approximate surface area is 259 Å². The zero-order chi connectivity index (χ0) is 29.5. The van der Waals surface area contributed by atoms with Crippen molar-refractivity contribution >= 4 is 17.1 Å². The van der Waals surface area contributed by atoms with Crippen molar-refractivity contribution in [3.05, 3.63) is 11.6 Å². The number of carbonyl (C=O) groups excluding carboxylic acids is 1. The predicted molar refractivity (Wildman–Crippen MR) is 178 cm³/mol. The molecular formula is C38H66O2S. The van der Waals surface area contributed by atoms with Crippen LogP contribution in [0.1, 0.15) is 164 Å². The number of rotatable bonds is 15. The largest absolute Gasteiger partial charge is 0.458 e. The van der Waals surface area contributed by atoms with Crippen molar-refractivity contribution in [2.24, 2.45) is 46.3 Å². The molecule has 8 atom stereocenters. The number of unbranched alkanes of at least 4 members (excludes halogenated alkanes) is 7. The highest BCUT2D eigenvalue weighted by Gasteiger charge is 2.59. The molecule has 4 aliphatic rings. The lowest BCUT2D eigenvalue weighted by molar-refractivity contribution is -0.0497. The number of hydrogen-bond acceptors (Lipinski definition) is 3. The molecule has 0 aromatic heterocycles. The average Bonchev–Trinajstić information content (AvgIpc) is 3.29. The topological polar surface area (TPSA) is 26.3 Å². The van der Waals surface area contributed by atoms with E-state index in [4.69, 9.17) is 4.74 Å². The van der Waals surface area contributed by atoms with Crippen LogP contribution in [-0.4, -0.2) is 17.2 Å². The first kappa shape index (κ1) is 33.5. The van der Waals surface area contributed by atoms with E-state index in [1.165, 1.54) is 121 Å². The second-order valence-electron chi connectivity index (χ2n) is 15.8. The fraction of sp³-hybridized carbons (Fsp3) is 0.921. The summed E-state index contributed by atoms with van der Waals surface area (Å²) in [6, 6.07) is 0. The third-order valence-corrected chi connectivity index (χ3v) is 13.8. The number of allylic oxidation sites excluding steroid dienone is 2. The molecule has 0 radical (unpaired) electrons. The summed E-state index contributed by atoms with van der Waals surface area (Å²) in [6.45, 7) is 15.5. The molecule has 3 heteroatoms. The molecule has 0 aromatic carbocycles. The summed E-state index contributed by atoms with van der Waals surface area (Å²) < 4.78 is 5.67. The lowest BCUT2D eigenvalue weighted by Gasteiger charge is -2.58. The van der Waals surface area contributed by atoms with Crippen molar-refractivity contribution in [2.75, 3.05) is 6.61 Å². The Kier molecular flexibility index (Phi) is 12.7. The van der Waals surface area contributed by atoms with Gasteiger partial charge in [0.1, 0.15) is 0 Å². The highest BCUT2D eigenvalue weighted by atomic mass is 32.2. The normalized spacial score (nSPS) is 35.4. The summed E-state index contributed by atoms with van der Waals surface area (Å²) >= 11 is 1.51. The highest BCUT2D eigenvalue weighted by Crippen LogP contribution is 2.67. The van der Waals surface area contributed by atoms with Crippen LogP contribution in [0.25, 0.3) is 0 Å². The van der Waals surface area contributed by atoms with E-state index in [0.717, 1.165) is 48.3 Å². The molecule has 0 aliphatic heterocycles. The second-order valence-corrected chi connectivity index (χ2v) is 17.1. The zero-order valence-corrected chi connectivity index (χ0v) is 28.8. The summed E-state index contributed by atoms with van der Waals surface area (Å²) in [6.07, 6.45) is 27.8. The molecule has 0 N–H and O–H groups in total. The molecule has 0 spiro atoms. The van der Waals surface area contributed by atoms with Gasteiger partial charge in [-0.25, -0.2) is 4.79 Å². The number of thioether (sulfide) groups is 1. The molecule has 3 fully saturated rings. The Morgan fingerprint density at radius 2 is 1.63 bits per heavy atom. The summed E-state index contributed by atoms with van der Waals surface area (Å²) in [5.41, 5.74) is 2.62. The number of fused-ring (bicyclic) bond motifs is 5. The Bertz CT molecular complexity index is 849. The molecule has 41 heavy (non-hydrogen) atoms. The third-order valence-electron chi connectivity index (χ3n) is 12.7. The first-order chi connectivity index (χ1) is 19.7. The lowest BCUT2D eigenvalue weighted by Crippen LogP contribution is -2.50. The Morgan fingerprint density at radius 3 is 2.37 bits per heavy atom. The van der Waals surface area contributed by atoms with Crippen LogP contribution in [0.5, 0.6) is 0 Å². The smallest absolute Gasteiger partial charge is 0.367 e. The maximum Gasteiger partial charge on any atom is 0.367 e. The van der Waals surface area contributed by atoms with Crippen molar-refractivity contribution < 1.29 is 9.53 Å². The standard InChI is InChI=1S/C38H66O2S/c1-7-8-9-10-11-12-13-14-26-40-36(39)41-31-22-24-37(5)30(27-31)18-19-32-34-21-20-33(29(4)17-15-16-28(2)3)38(34,6)25-23-35(32)37/h18,28-29,31-35H,7-17,19-27H2,1-6H3/t29-,31-,32-,33+,34-,35-,37-,38+/m0/s1. The van der Waals surface area contributed by atoms with Gasteiger partial charge in [0.25, 0.3) is 0 Å². The molecule has 0 heterocycles. The fourth-order valence-electron chi connectivity index (χ4n) is 10.3. The Morgan fingerprint density at radius 1 is 0.902 bits per heavy atom. The van der Waals surface area contributed by atoms with E-state index >= 15 is 0 Å². The molecule has 0 bridgehead atoms. The minimum atomic E-state index is -0.0243. The van der Waals surface area contributed by atoms with Crippen LogP contribution in [-0.2, 0) is 4.74 Å². The van der Waals surface area contributed by atoms with Crippen LogP contribution in [0.2, 0.25) is 0 Å². The molecule has 0 aromatic rings. The number of ether oxygens (including phenoxy) is 1. The van der Waals surface area contributed by atoms with E-state index in [9.17, 15) is 4.79 Å². The minimum absolute atomic E-state index is 0.0243. The highest BCUT2D eigenvalue weighted by molar-refractivity contribution is 8.13. The van der Waals surface area contributed by atoms with E-state index in [1.54, 1.807) is 5.57 Å². The van der Waals surface area contributed by atoms with Crippen LogP contribution < -0.4 is 0 Å². The van der Waals surface area contributed by atoms with Gasteiger partial charge in [-0.3, -0.25) is 0 Å². The van der Waals surface area contributed by atoms with Crippen molar-refractivity contribution in [1.82, 2.24) is 0 Å². The van der Waals surface area contributed by atoms with Gasteiger partial charge in [0, 0.05) is 5.25 Å². The summed E-state index contributed by atoms with van der Waals surface area (Å²) in [5.74, 6) is 5.32. The summed E-state index contributed by atoms with van der Waals surface area (Å²) in [7, 11) is 0. The van der Waals surface area contributed by atoms with Crippen LogP contribution in [0.15, 0.2) is 11.6 Å². The SMILES string of the molecule is CCCCCCCCCCOC(=O)S[C@H]1CC[C@@]2(C)C(=CC[C@H]3[C@@H]4CC[C@H]([C@@H](C)CCCC(C)C)[C@@]4(C)CC[C@@H]32)C1. The van der Waals surface area contributed by atoms with Gasteiger partial charge in [-0.2, -0.15) is 0 Å². The zero-order valence-electron chi connectivity index (χ0n) is 28.0. The fourth-order valence-corrected chi connectivity index (χ4v) is 11.2. The molecular weight excluding hydrogens is 520 g/mol. The van der Waals surface area contributed by atoms with Crippen molar-refractivity contribution in [3.8, 4) is 0 Å². The minimum Gasteiger partial charge on any atom is -0.458 e. The summed E-state index contributed by atoms with van der Waals surface area (Å²) in [5, 5.41) is 0.386. The maximum absolute atomic E-state index is 12.7. The van der Waals surface area contributed by atoms with Gasteiger partial charge in [-0.15, -0.1) is 0 Å². The van der Waals surface area contributed by atoms with E-state index < -0.39 is 0 Å². The van der Waals surface area contributed by atoms with Crippen LogP contribution in [0.3, 0.4) is 0 Å². The molecule has 2 nitrogen and oxygen atoms in total. The quantitative estimate of drug-likeness (QED) is 0.108. The molecule has 3 saturated carbocycles. The van der Waals surface area contributed by atoms with Gasteiger partial charge < -0.3 is 4.74 Å². The lowest BCUT2D eigenvalue weighted by atomic mass is 9.47. The van der Waals surface area contributed by atoms with E-state index in [-0.39, 0.29) is 5.30 Å². The molecule has 4 rings (SSSR count). The van der Waals surface area contributed by atoms with Crippen molar-refractivity contribution in [1.29, 1.82) is 0 Å². The first-order valence-corrected chi connectivity index (χ1v) is 19.1. The predicted octanol–water partition coefficient (Wildman–Crippen LogP) is 12.4. The van der Waals surface area contributed by atoms with Gasteiger partial charge in [-0.05, 0) is 116 Å². The van der Waals surface area contributed by atoms with Gasteiger partial charge in [0.15, 0.2) is 0 Å². The average molecular weight is 587 g/mol. The first-order valence-electron chi connectivity index (χ1n) is 18.2. The number of hydrogen-bond donors (Lipinski definition) is 0. The molecule has 0 unspecified atom stereocenters. The molecule has 4 aliphatic carbocycles. The molecule has 236 valence electrons. The van der Waals surface area contributed by atoms with E-state index in [2.05, 4.69) is 47.6 Å². The Hall–Kier alpha value is -0.440. The number of carbonyl (C=O) groups is 1. The van der Waals surface area contributed by atoms with Crippen molar-refractivity contribution in [2.45, 2.75) is 169 Å². The second kappa shape index (κ2) is 15.5. The van der Waals surface area contributed by atoms with Gasteiger partial charge in [0.2, 0.25) is 0 Å². The maximum atomic E-state index is 12.7. The van der Waals surface area contributed by atoms with E-state index in [1.807, 2.05) is 0 Å². The molecule has 0 saturated heterocycles. The third kappa shape index (κ3) is 8.19. The molecule has 0 amide bonds. The van der Waals surface area contributed by atoms with Crippen LogP contribution >= 0.6 is 11.8 Å².